The number of hydrogen-bond donors (Lipinski definition) is 1. The second kappa shape index (κ2) is 13.6. The zero-order valence-corrected chi connectivity index (χ0v) is 15.0. The van der Waals surface area contributed by atoms with Crippen LogP contribution in [0.5, 0.6) is 0 Å². The Morgan fingerprint density at radius 1 is 0.667 bits per heavy atom. The van der Waals surface area contributed by atoms with Gasteiger partial charge in [-0.05, 0) is 12.8 Å². The molecule has 0 aromatic rings. The summed E-state index contributed by atoms with van der Waals surface area (Å²) in [5, 5.41) is -0.533. The number of hydrogen-bond acceptors (Lipinski definition) is 2. The first-order chi connectivity index (χ1) is 10.0. The van der Waals surface area contributed by atoms with Gasteiger partial charge in [-0.1, -0.05) is 90.9 Å². The molecular weight excluding hydrogens is 284 g/mol. The van der Waals surface area contributed by atoms with Crippen LogP contribution in [0.2, 0.25) is 0 Å². The second-order valence-electron chi connectivity index (χ2n) is 6.25. The van der Waals surface area contributed by atoms with Crippen molar-refractivity contribution in [2.45, 2.75) is 109 Å². The lowest BCUT2D eigenvalue weighted by atomic mass is 10.0. The first kappa shape index (κ1) is 20.9. The maximum absolute atomic E-state index is 11.4. The predicted octanol–water partition coefficient (Wildman–Crippen LogP) is 5.74. The van der Waals surface area contributed by atoms with Gasteiger partial charge in [0.05, 0.1) is 5.25 Å². The molecule has 0 fully saturated rings. The molecule has 4 heteroatoms. The van der Waals surface area contributed by atoms with Gasteiger partial charge in [0.15, 0.2) is 0 Å². The van der Waals surface area contributed by atoms with Gasteiger partial charge in [0.25, 0.3) is 10.1 Å². The van der Waals surface area contributed by atoms with Crippen molar-refractivity contribution in [3.63, 3.8) is 0 Å². The summed E-state index contributed by atoms with van der Waals surface area (Å²) < 4.78 is 32.2. The lowest BCUT2D eigenvalue weighted by molar-refractivity contribution is 0.442. The average molecular weight is 321 g/mol. The summed E-state index contributed by atoms with van der Waals surface area (Å²) in [5.41, 5.74) is 0. The fourth-order valence-corrected chi connectivity index (χ4v) is 3.68. The number of rotatable bonds is 15. The minimum absolute atomic E-state index is 0.533. The first-order valence-corrected chi connectivity index (χ1v) is 10.5. The highest BCUT2D eigenvalue weighted by Gasteiger charge is 2.21. The van der Waals surface area contributed by atoms with E-state index in [9.17, 15) is 13.0 Å². The van der Waals surface area contributed by atoms with E-state index in [2.05, 4.69) is 13.8 Å². The monoisotopic (exact) mass is 320 g/mol. The van der Waals surface area contributed by atoms with Gasteiger partial charge < -0.3 is 0 Å². The van der Waals surface area contributed by atoms with Crippen molar-refractivity contribution in [3.05, 3.63) is 0 Å². The van der Waals surface area contributed by atoms with E-state index in [4.69, 9.17) is 0 Å². The van der Waals surface area contributed by atoms with Gasteiger partial charge in [0, 0.05) is 0 Å². The van der Waals surface area contributed by atoms with E-state index in [1.54, 1.807) is 0 Å². The molecule has 0 atom stereocenters. The van der Waals surface area contributed by atoms with Gasteiger partial charge in [0.2, 0.25) is 0 Å². The molecule has 0 aromatic carbocycles. The Labute approximate surface area is 132 Å². The standard InChI is InChI=1S/C17H36O3S/c1-3-5-7-9-11-13-15-17(21(18,19)20)16-14-12-10-8-6-4-2/h17H,3-16H2,1-2H3,(H,18,19,20). The van der Waals surface area contributed by atoms with E-state index in [1.807, 2.05) is 0 Å². The summed E-state index contributed by atoms with van der Waals surface area (Å²) in [6.45, 7) is 4.38. The van der Waals surface area contributed by atoms with Gasteiger partial charge >= 0.3 is 0 Å². The third kappa shape index (κ3) is 13.3. The van der Waals surface area contributed by atoms with Gasteiger partial charge in [0.1, 0.15) is 0 Å². The van der Waals surface area contributed by atoms with Gasteiger partial charge in [-0.25, -0.2) is 0 Å². The molecule has 128 valence electrons. The van der Waals surface area contributed by atoms with Crippen LogP contribution in [0.3, 0.4) is 0 Å². The second-order valence-corrected chi connectivity index (χ2v) is 7.95. The Morgan fingerprint density at radius 3 is 1.33 bits per heavy atom. The fraction of sp³-hybridized carbons (Fsp3) is 1.00. The molecule has 0 aliphatic heterocycles. The Kier molecular flexibility index (Phi) is 13.5. The van der Waals surface area contributed by atoms with Crippen LogP contribution in [0.25, 0.3) is 0 Å². The van der Waals surface area contributed by atoms with Crippen molar-refractivity contribution in [2.24, 2.45) is 0 Å². The fourth-order valence-electron chi connectivity index (χ4n) is 2.75. The molecule has 0 bridgehead atoms. The Morgan fingerprint density at radius 2 is 1.00 bits per heavy atom. The molecule has 3 nitrogen and oxygen atoms in total. The molecule has 0 aliphatic rings. The summed E-state index contributed by atoms with van der Waals surface area (Å²) in [6.07, 6.45) is 15.1. The topological polar surface area (TPSA) is 54.4 Å². The molecule has 21 heavy (non-hydrogen) atoms. The summed E-state index contributed by atoms with van der Waals surface area (Å²) >= 11 is 0. The summed E-state index contributed by atoms with van der Waals surface area (Å²) in [5.74, 6) is 0. The highest BCUT2D eigenvalue weighted by atomic mass is 32.2. The van der Waals surface area contributed by atoms with Crippen LogP contribution in [-0.4, -0.2) is 18.2 Å². The van der Waals surface area contributed by atoms with Gasteiger partial charge in [-0.15, -0.1) is 0 Å². The van der Waals surface area contributed by atoms with Crippen molar-refractivity contribution < 1.29 is 13.0 Å². The van der Waals surface area contributed by atoms with Crippen molar-refractivity contribution >= 4 is 10.1 Å². The van der Waals surface area contributed by atoms with E-state index in [0.29, 0.717) is 12.8 Å². The molecule has 0 spiro atoms. The van der Waals surface area contributed by atoms with Crippen LogP contribution in [0.4, 0.5) is 0 Å². The van der Waals surface area contributed by atoms with Crippen LogP contribution in [0.15, 0.2) is 0 Å². The largest absolute Gasteiger partial charge is 0.285 e. The van der Waals surface area contributed by atoms with Gasteiger partial charge in [-0.3, -0.25) is 4.55 Å². The molecule has 0 saturated carbocycles. The molecule has 0 radical (unpaired) electrons. The quantitative estimate of drug-likeness (QED) is 0.309. The van der Waals surface area contributed by atoms with Crippen molar-refractivity contribution in [3.8, 4) is 0 Å². The smallest absolute Gasteiger partial charge is 0.267 e. The predicted molar refractivity (Wildman–Crippen MR) is 91.3 cm³/mol. The lowest BCUT2D eigenvalue weighted by Crippen LogP contribution is -2.20. The van der Waals surface area contributed by atoms with E-state index in [-0.39, 0.29) is 0 Å². The minimum atomic E-state index is -3.86. The molecule has 0 rings (SSSR count). The first-order valence-electron chi connectivity index (χ1n) is 8.98. The maximum Gasteiger partial charge on any atom is 0.267 e. The van der Waals surface area contributed by atoms with Crippen LogP contribution < -0.4 is 0 Å². The molecule has 0 unspecified atom stereocenters. The van der Waals surface area contributed by atoms with Crippen LogP contribution >= 0.6 is 0 Å². The molecule has 1 N–H and O–H groups in total. The van der Waals surface area contributed by atoms with Crippen molar-refractivity contribution in [1.29, 1.82) is 0 Å². The average Bonchev–Trinajstić information content (AvgIpc) is 2.42. The highest BCUT2D eigenvalue weighted by molar-refractivity contribution is 7.86. The minimum Gasteiger partial charge on any atom is -0.285 e. The normalized spacial score (nSPS) is 12.2. The molecule has 0 aliphatic carbocycles. The van der Waals surface area contributed by atoms with Crippen molar-refractivity contribution in [1.82, 2.24) is 0 Å². The molecule has 0 aromatic heterocycles. The SMILES string of the molecule is CCCCCCCCC(CCCCCCCC)S(=O)(=O)O. The third-order valence-electron chi connectivity index (χ3n) is 4.18. The zero-order chi connectivity index (χ0) is 16.0. The molecule has 0 saturated heterocycles. The van der Waals surface area contributed by atoms with Gasteiger partial charge in [-0.2, -0.15) is 8.42 Å². The van der Waals surface area contributed by atoms with E-state index in [0.717, 1.165) is 25.7 Å². The highest BCUT2D eigenvalue weighted by Crippen LogP contribution is 2.19. The molecule has 0 heterocycles. The zero-order valence-electron chi connectivity index (χ0n) is 14.1. The maximum atomic E-state index is 11.4. The third-order valence-corrected chi connectivity index (χ3v) is 5.49. The Bertz CT molecular complexity index is 296. The van der Waals surface area contributed by atoms with E-state index >= 15 is 0 Å². The Balaban J connectivity index is 3.79. The van der Waals surface area contributed by atoms with E-state index < -0.39 is 15.4 Å². The molecule has 0 amide bonds. The van der Waals surface area contributed by atoms with E-state index in [1.165, 1.54) is 51.4 Å². The summed E-state index contributed by atoms with van der Waals surface area (Å²) in [4.78, 5) is 0. The number of unbranched alkanes of at least 4 members (excludes halogenated alkanes) is 10. The van der Waals surface area contributed by atoms with Crippen LogP contribution in [0, 0.1) is 0 Å². The van der Waals surface area contributed by atoms with Crippen molar-refractivity contribution in [2.75, 3.05) is 0 Å². The van der Waals surface area contributed by atoms with Crippen LogP contribution in [0.1, 0.15) is 104 Å². The molecular formula is C17H36O3S. The summed E-state index contributed by atoms with van der Waals surface area (Å²) in [7, 11) is -3.86. The summed E-state index contributed by atoms with van der Waals surface area (Å²) in [6, 6.07) is 0. The lowest BCUT2D eigenvalue weighted by Gasteiger charge is -2.13. The van der Waals surface area contributed by atoms with Crippen LogP contribution in [-0.2, 0) is 10.1 Å². The Hall–Kier alpha value is -0.0900.